The molecule has 132 valence electrons. The molecule has 4 nitrogen and oxygen atoms in total. The first-order valence-electron chi connectivity index (χ1n) is 8.75. The second-order valence-corrected chi connectivity index (χ2v) is 5.99. The average Bonchev–Trinajstić information content (AvgIpc) is 3.08. The maximum Gasteiger partial charge on any atom is 0.0580 e. The molecule has 1 aromatic rings. The van der Waals surface area contributed by atoms with Gasteiger partial charge in [-0.3, -0.25) is 5.10 Å². The van der Waals surface area contributed by atoms with Gasteiger partial charge in [0.15, 0.2) is 0 Å². The van der Waals surface area contributed by atoms with Crippen LogP contribution in [0.2, 0.25) is 0 Å². The van der Waals surface area contributed by atoms with Gasteiger partial charge in [-0.1, -0.05) is 45.9 Å². The smallest absolute Gasteiger partial charge is 0.0580 e. The summed E-state index contributed by atoms with van der Waals surface area (Å²) in [5.41, 5.74) is 3.93. The molecule has 0 fully saturated rings. The van der Waals surface area contributed by atoms with Gasteiger partial charge >= 0.3 is 0 Å². The summed E-state index contributed by atoms with van der Waals surface area (Å²) in [7, 11) is 2.00. The molecule has 2 N–H and O–H groups in total. The lowest BCUT2D eigenvalue weighted by Gasteiger charge is -2.22. The Labute approximate surface area is 147 Å². The summed E-state index contributed by atoms with van der Waals surface area (Å²) >= 11 is 0. The lowest BCUT2D eigenvalue weighted by molar-refractivity contribution is 0.486. The van der Waals surface area contributed by atoms with Crippen molar-refractivity contribution in [1.29, 1.82) is 0 Å². The van der Waals surface area contributed by atoms with E-state index in [9.17, 15) is 0 Å². The van der Waals surface area contributed by atoms with Gasteiger partial charge in [-0.05, 0) is 31.9 Å². The van der Waals surface area contributed by atoms with E-state index in [1.165, 1.54) is 25.7 Å². The highest BCUT2D eigenvalue weighted by Crippen LogP contribution is 2.20. The molecule has 1 rings (SSSR count). The second-order valence-electron chi connectivity index (χ2n) is 5.99. The molecule has 1 aromatic heterocycles. The van der Waals surface area contributed by atoms with Crippen molar-refractivity contribution in [2.24, 2.45) is 0 Å². The van der Waals surface area contributed by atoms with Gasteiger partial charge in [0.25, 0.3) is 0 Å². The van der Waals surface area contributed by atoms with E-state index in [0.717, 1.165) is 22.7 Å². The number of H-pyrrole nitrogens is 1. The highest BCUT2D eigenvalue weighted by molar-refractivity contribution is 5.64. The molecule has 1 heterocycles. The largest absolute Gasteiger partial charge is 0.383 e. The zero-order valence-electron chi connectivity index (χ0n) is 15.6. The molecule has 4 heteroatoms. The van der Waals surface area contributed by atoms with Gasteiger partial charge in [0.2, 0.25) is 0 Å². The molecule has 0 unspecified atom stereocenters. The molecule has 24 heavy (non-hydrogen) atoms. The number of nitrogens with one attached hydrogen (secondary N) is 2. The van der Waals surface area contributed by atoms with Crippen LogP contribution < -0.4 is 5.32 Å². The Morgan fingerprint density at radius 3 is 2.46 bits per heavy atom. The molecular formula is C20H32N4. The number of allylic oxidation sites excluding steroid dienone is 3. The minimum atomic E-state index is 0.500. The van der Waals surface area contributed by atoms with Gasteiger partial charge in [-0.2, -0.15) is 5.10 Å². The summed E-state index contributed by atoms with van der Waals surface area (Å²) in [6.45, 7) is 14.7. The van der Waals surface area contributed by atoms with Crippen molar-refractivity contribution >= 4 is 5.70 Å². The molecule has 0 aliphatic carbocycles. The Hall–Kier alpha value is -2.23. The predicted octanol–water partition coefficient (Wildman–Crippen LogP) is 4.84. The van der Waals surface area contributed by atoms with E-state index in [1.807, 2.05) is 43.4 Å². The first-order chi connectivity index (χ1) is 11.5. The molecule has 0 radical (unpaired) electrons. The standard InChI is InChI=1S/C20H32N4/c1-7-10-19(11-8-2)23-16(4)12-13-17(5)24(6)20(9-3)18-14-21-22-15-18/h9,12-15,19,23H,4-5,7-8,10-11H2,1-3,6H3,(H,21,22)/b13-12-,20-9-. The molecule has 0 aromatic carbocycles. The van der Waals surface area contributed by atoms with Crippen molar-refractivity contribution in [1.82, 2.24) is 20.4 Å². The zero-order chi connectivity index (χ0) is 17.9. The molecule has 0 amide bonds. The van der Waals surface area contributed by atoms with E-state index >= 15 is 0 Å². The fraction of sp³-hybridized carbons (Fsp3) is 0.450. The van der Waals surface area contributed by atoms with E-state index in [0.29, 0.717) is 6.04 Å². The van der Waals surface area contributed by atoms with E-state index in [4.69, 9.17) is 0 Å². The highest BCUT2D eigenvalue weighted by atomic mass is 15.1. The average molecular weight is 329 g/mol. The van der Waals surface area contributed by atoms with E-state index in [1.54, 1.807) is 0 Å². The zero-order valence-corrected chi connectivity index (χ0v) is 15.6. The summed E-state index contributed by atoms with van der Waals surface area (Å²) in [5.74, 6) is 0. The minimum absolute atomic E-state index is 0.500. The van der Waals surface area contributed by atoms with E-state index < -0.39 is 0 Å². The van der Waals surface area contributed by atoms with Gasteiger partial charge in [0, 0.05) is 41.9 Å². The highest BCUT2D eigenvalue weighted by Gasteiger charge is 2.09. The second kappa shape index (κ2) is 10.5. The molecule has 0 bridgehead atoms. The number of aromatic nitrogens is 2. The summed E-state index contributed by atoms with van der Waals surface area (Å²) < 4.78 is 0. The summed E-state index contributed by atoms with van der Waals surface area (Å²) in [6, 6.07) is 0.500. The van der Waals surface area contributed by atoms with Crippen LogP contribution in [0.1, 0.15) is 52.0 Å². The Morgan fingerprint density at radius 2 is 1.96 bits per heavy atom. The Morgan fingerprint density at radius 1 is 1.29 bits per heavy atom. The first kappa shape index (κ1) is 19.8. The van der Waals surface area contributed by atoms with Gasteiger partial charge < -0.3 is 10.2 Å². The molecule has 0 atom stereocenters. The van der Waals surface area contributed by atoms with Crippen LogP contribution in [-0.4, -0.2) is 28.2 Å². The number of likely N-dealkylation sites (N-methyl/N-ethyl adjacent to an activating group) is 1. The normalized spacial score (nSPS) is 12.0. The van der Waals surface area contributed by atoms with Crippen molar-refractivity contribution in [2.45, 2.75) is 52.5 Å². The fourth-order valence-corrected chi connectivity index (χ4v) is 2.70. The van der Waals surface area contributed by atoms with Crippen LogP contribution in [0.4, 0.5) is 0 Å². The van der Waals surface area contributed by atoms with Gasteiger partial charge in [-0.15, -0.1) is 0 Å². The number of rotatable bonds is 11. The van der Waals surface area contributed by atoms with Gasteiger partial charge in [0.05, 0.1) is 6.20 Å². The number of nitrogens with zero attached hydrogens (tertiary/aromatic N) is 2. The van der Waals surface area contributed by atoms with Crippen LogP contribution in [0, 0.1) is 0 Å². The van der Waals surface area contributed by atoms with Crippen molar-refractivity contribution in [3.63, 3.8) is 0 Å². The minimum Gasteiger partial charge on any atom is -0.383 e. The summed E-state index contributed by atoms with van der Waals surface area (Å²) in [6.07, 6.45) is 14.4. The third-order valence-electron chi connectivity index (χ3n) is 4.00. The van der Waals surface area contributed by atoms with Crippen molar-refractivity contribution < 1.29 is 0 Å². The lowest BCUT2D eigenvalue weighted by atomic mass is 10.1. The lowest BCUT2D eigenvalue weighted by Crippen LogP contribution is -2.27. The topological polar surface area (TPSA) is 44.0 Å². The summed E-state index contributed by atoms with van der Waals surface area (Å²) in [4.78, 5) is 2.05. The molecule has 0 saturated heterocycles. The van der Waals surface area contributed by atoms with Crippen LogP contribution in [0.25, 0.3) is 5.70 Å². The molecular weight excluding hydrogens is 296 g/mol. The molecule has 0 spiro atoms. The Balaban J connectivity index is 2.65. The van der Waals surface area contributed by atoms with Crippen LogP contribution in [0.3, 0.4) is 0 Å². The Kier molecular flexibility index (Phi) is 8.69. The third kappa shape index (κ3) is 6.11. The molecule has 0 aliphatic rings. The number of hydrogen-bond donors (Lipinski definition) is 2. The van der Waals surface area contributed by atoms with Crippen molar-refractivity contribution in [2.75, 3.05) is 7.05 Å². The Bertz CT molecular complexity index is 560. The molecule has 0 saturated carbocycles. The number of aromatic amines is 1. The SMILES string of the molecule is C=C(/C=C\C(=C)N(C)/C(=C\C)c1cn[nH]c1)NC(CCC)CCC. The maximum atomic E-state index is 4.16. The van der Waals surface area contributed by atoms with Crippen LogP contribution in [0.15, 0.2) is 55.2 Å². The molecule has 0 aliphatic heterocycles. The van der Waals surface area contributed by atoms with Gasteiger partial charge in [0.1, 0.15) is 0 Å². The quantitative estimate of drug-likeness (QED) is 0.571. The monoisotopic (exact) mass is 328 g/mol. The number of hydrogen-bond acceptors (Lipinski definition) is 3. The predicted molar refractivity (Wildman–Crippen MR) is 104 cm³/mol. The van der Waals surface area contributed by atoms with Crippen LogP contribution in [-0.2, 0) is 0 Å². The van der Waals surface area contributed by atoms with Gasteiger partial charge in [-0.25, -0.2) is 0 Å². The maximum absolute atomic E-state index is 4.16. The van der Waals surface area contributed by atoms with E-state index in [2.05, 4.69) is 48.6 Å². The van der Waals surface area contributed by atoms with Crippen molar-refractivity contribution in [3.05, 3.63) is 60.7 Å². The third-order valence-corrected chi connectivity index (χ3v) is 4.00. The van der Waals surface area contributed by atoms with Crippen LogP contribution >= 0.6 is 0 Å². The van der Waals surface area contributed by atoms with E-state index in [-0.39, 0.29) is 0 Å². The fourth-order valence-electron chi connectivity index (χ4n) is 2.70. The summed E-state index contributed by atoms with van der Waals surface area (Å²) in [5, 5.41) is 10.4. The van der Waals surface area contributed by atoms with Crippen LogP contribution in [0.5, 0.6) is 0 Å². The first-order valence-corrected chi connectivity index (χ1v) is 8.75. The van der Waals surface area contributed by atoms with Crippen molar-refractivity contribution in [3.8, 4) is 0 Å².